The van der Waals surface area contributed by atoms with Crippen molar-refractivity contribution >= 4 is 12.1 Å². The Balaban J connectivity index is 1.90. The van der Waals surface area contributed by atoms with Gasteiger partial charge in [-0.15, -0.1) is 0 Å². The average molecular weight is 293 g/mol. The largest absolute Gasteiger partial charge is 0.497 e. The number of esters is 1. The third-order valence-corrected chi connectivity index (χ3v) is 3.48. The van der Waals surface area contributed by atoms with E-state index in [1.54, 1.807) is 19.2 Å². The summed E-state index contributed by atoms with van der Waals surface area (Å²) >= 11 is 0. The number of likely N-dealkylation sites (tertiary alicyclic amines) is 1. The smallest absolute Gasteiger partial charge is 0.410 e. The molecule has 0 aliphatic carbocycles. The number of nitrogens with zero attached hydrogens (tertiary/aromatic N) is 1. The highest BCUT2D eigenvalue weighted by Crippen LogP contribution is 2.20. The fourth-order valence-corrected chi connectivity index (χ4v) is 2.32. The molecule has 1 heterocycles. The van der Waals surface area contributed by atoms with E-state index >= 15 is 0 Å². The molecule has 1 aromatic rings. The van der Waals surface area contributed by atoms with Gasteiger partial charge in [-0.1, -0.05) is 12.1 Å². The molecule has 1 amide bonds. The van der Waals surface area contributed by atoms with Gasteiger partial charge >= 0.3 is 12.1 Å². The molecule has 2 rings (SSSR count). The predicted octanol–water partition coefficient (Wildman–Crippen LogP) is 1.97. The van der Waals surface area contributed by atoms with Crippen molar-refractivity contribution in [3.63, 3.8) is 0 Å². The number of hydrogen-bond acceptors (Lipinski definition) is 5. The maximum absolute atomic E-state index is 12.0. The third kappa shape index (κ3) is 3.65. The monoisotopic (exact) mass is 293 g/mol. The van der Waals surface area contributed by atoms with Crippen molar-refractivity contribution in [2.45, 2.75) is 25.5 Å². The lowest BCUT2D eigenvalue weighted by Gasteiger charge is -2.21. The van der Waals surface area contributed by atoms with E-state index in [-0.39, 0.29) is 6.61 Å². The van der Waals surface area contributed by atoms with Crippen LogP contribution in [0.15, 0.2) is 24.3 Å². The van der Waals surface area contributed by atoms with Gasteiger partial charge in [0, 0.05) is 6.54 Å². The van der Waals surface area contributed by atoms with E-state index < -0.39 is 18.1 Å². The Morgan fingerprint density at radius 1 is 1.24 bits per heavy atom. The fourth-order valence-electron chi connectivity index (χ4n) is 2.32. The van der Waals surface area contributed by atoms with Crippen LogP contribution in [0.2, 0.25) is 0 Å². The van der Waals surface area contributed by atoms with Crippen molar-refractivity contribution in [2.75, 3.05) is 20.8 Å². The highest BCUT2D eigenvalue weighted by molar-refractivity contribution is 5.82. The summed E-state index contributed by atoms with van der Waals surface area (Å²) in [5.41, 5.74) is 0.859. The van der Waals surface area contributed by atoms with E-state index in [1.165, 1.54) is 12.0 Å². The van der Waals surface area contributed by atoms with E-state index in [2.05, 4.69) is 0 Å². The first-order valence-electron chi connectivity index (χ1n) is 6.80. The highest BCUT2D eigenvalue weighted by atomic mass is 16.6. The lowest BCUT2D eigenvalue weighted by Crippen LogP contribution is -2.41. The van der Waals surface area contributed by atoms with E-state index in [0.29, 0.717) is 13.0 Å². The molecule has 114 valence electrons. The molecule has 1 fully saturated rings. The van der Waals surface area contributed by atoms with Crippen molar-refractivity contribution in [3.8, 4) is 5.75 Å². The van der Waals surface area contributed by atoms with Crippen LogP contribution in [0.1, 0.15) is 18.4 Å². The summed E-state index contributed by atoms with van der Waals surface area (Å²) in [5.74, 6) is 0.351. The molecule has 1 atom stereocenters. The second-order valence-corrected chi connectivity index (χ2v) is 4.78. The molecule has 0 unspecified atom stereocenters. The zero-order valence-electron chi connectivity index (χ0n) is 12.2. The van der Waals surface area contributed by atoms with Crippen LogP contribution in [-0.4, -0.2) is 43.8 Å². The molecule has 1 saturated heterocycles. The molecule has 6 nitrogen and oxygen atoms in total. The Morgan fingerprint density at radius 2 is 1.95 bits per heavy atom. The number of hydrogen-bond donors (Lipinski definition) is 0. The van der Waals surface area contributed by atoms with Gasteiger partial charge in [0.15, 0.2) is 0 Å². The van der Waals surface area contributed by atoms with Crippen molar-refractivity contribution in [2.24, 2.45) is 0 Å². The Kier molecular flexibility index (Phi) is 5.03. The van der Waals surface area contributed by atoms with Gasteiger partial charge in [0.2, 0.25) is 0 Å². The number of methoxy groups -OCH3 is 2. The summed E-state index contributed by atoms with van der Waals surface area (Å²) in [6.45, 7) is 0.675. The summed E-state index contributed by atoms with van der Waals surface area (Å²) in [5, 5.41) is 0. The van der Waals surface area contributed by atoms with Gasteiger partial charge < -0.3 is 14.2 Å². The fraction of sp³-hybridized carbons (Fsp3) is 0.467. The number of ether oxygens (including phenoxy) is 3. The van der Waals surface area contributed by atoms with Gasteiger partial charge in [0.1, 0.15) is 18.4 Å². The minimum absolute atomic E-state index is 0.160. The molecule has 6 heteroatoms. The number of rotatable bonds is 4. The topological polar surface area (TPSA) is 65.1 Å². The van der Waals surface area contributed by atoms with Crippen LogP contribution in [-0.2, 0) is 20.9 Å². The third-order valence-electron chi connectivity index (χ3n) is 3.48. The molecular formula is C15H19NO5. The van der Waals surface area contributed by atoms with E-state index in [0.717, 1.165) is 17.7 Å². The zero-order valence-corrected chi connectivity index (χ0v) is 12.2. The Hall–Kier alpha value is -2.24. The number of carbonyl (C=O) groups excluding carboxylic acids is 2. The molecule has 0 aromatic heterocycles. The highest BCUT2D eigenvalue weighted by Gasteiger charge is 2.35. The van der Waals surface area contributed by atoms with Crippen LogP contribution in [0.4, 0.5) is 4.79 Å². The van der Waals surface area contributed by atoms with Crippen LogP contribution in [0.25, 0.3) is 0 Å². The second kappa shape index (κ2) is 6.97. The van der Waals surface area contributed by atoms with Crippen LogP contribution in [0.3, 0.4) is 0 Å². The Morgan fingerprint density at radius 3 is 2.57 bits per heavy atom. The molecule has 1 aliphatic rings. The van der Waals surface area contributed by atoms with Crippen LogP contribution in [0.5, 0.6) is 5.75 Å². The first-order valence-corrected chi connectivity index (χ1v) is 6.80. The lowest BCUT2D eigenvalue weighted by atomic mass is 10.2. The number of benzene rings is 1. The van der Waals surface area contributed by atoms with Gasteiger partial charge in [0.25, 0.3) is 0 Å². The summed E-state index contributed by atoms with van der Waals surface area (Å²) in [7, 11) is 2.91. The first kappa shape index (κ1) is 15.2. The Labute approximate surface area is 123 Å². The van der Waals surface area contributed by atoms with Gasteiger partial charge in [-0.05, 0) is 30.5 Å². The molecule has 1 aliphatic heterocycles. The predicted molar refractivity (Wildman–Crippen MR) is 74.9 cm³/mol. The van der Waals surface area contributed by atoms with Crippen molar-refractivity contribution in [1.29, 1.82) is 0 Å². The van der Waals surface area contributed by atoms with Gasteiger partial charge in [-0.2, -0.15) is 0 Å². The van der Waals surface area contributed by atoms with Crippen molar-refractivity contribution in [3.05, 3.63) is 29.8 Å². The van der Waals surface area contributed by atoms with E-state index in [9.17, 15) is 9.59 Å². The van der Waals surface area contributed by atoms with E-state index in [1.807, 2.05) is 12.1 Å². The quantitative estimate of drug-likeness (QED) is 0.794. The number of amides is 1. The van der Waals surface area contributed by atoms with Crippen LogP contribution < -0.4 is 4.74 Å². The molecule has 0 radical (unpaired) electrons. The molecule has 0 N–H and O–H groups in total. The van der Waals surface area contributed by atoms with E-state index in [4.69, 9.17) is 14.2 Å². The molecule has 0 spiro atoms. The lowest BCUT2D eigenvalue weighted by molar-refractivity contribution is -0.145. The van der Waals surface area contributed by atoms with Crippen LogP contribution in [0, 0.1) is 0 Å². The summed E-state index contributed by atoms with van der Waals surface area (Å²) in [6.07, 6.45) is 0.903. The number of carbonyl (C=O) groups is 2. The second-order valence-electron chi connectivity index (χ2n) is 4.78. The maximum Gasteiger partial charge on any atom is 0.410 e. The van der Waals surface area contributed by atoms with Crippen LogP contribution >= 0.6 is 0 Å². The zero-order chi connectivity index (χ0) is 15.2. The SMILES string of the molecule is COC(=O)[C@@H]1CCCN1C(=O)OCc1ccc(OC)cc1. The summed E-state index contributed by atoms with van der Waals surface area (Å²) in [6, 6.07) is 6.73. The van der Waals surface area contributed by atoms with Crippen molar-refractivity contribution in [1.82, 2.24) is 4.90 Å². The Bertz CT molecular complexity index is 499. The minimum Gasteiger partial charge on any atom is -0.497 e. The standard InChI is InChI=1S/C15H19NO5/c1-19-12-7-5-11(6-8-12)10-21-15(18)16-9-3-4-13(16)14(17)20-2/h5-8,13H,3-4,9-10H2,1-2H3/t13-/m0/s1. The van der Waals surface area contributed by atoms with Gasteiger partial charge in [-0.25, -0.2) is 9.59 Å². The minimum atomic E-state index is -0.529. The molecular weight excluding hydrogens is 274 g/mol. The average Bonchev–Trinajstić information content (AvgIpc) is 3.02. The van der Waals surface area contributed by atoms with Gasteiger partial charge in [-0.3, -0.25) is 4.90 Å². The molecule has 0 saturated carbocycles. The normalized spacial score (nSPS) is 17.4. The molecule has 21 heavy (non-hydrogen) atoms. The maximum atomic E-state index is 12.0. The summed E-state index contributed by atoms with van der Waals surface area (Å²) < 4.78 is 15.0. The molecule has 0 bridgehead atoms. The molecule has 1 aromatic carbocycles. The first-order chi connectivity index (χ1) is 10.2. The van der Waals surface area contributed by atoms with Gasteiger partial charge in [0.05, 0.1) is 14.2 Å². The van der Waals surface area contributed by atoms with Crippen molar-refractivity contribution < 1.29 is 23.8 Å². The summed E-state index contributed by atoms with van der Waals surface area (Å²) in [4.78, 5) is 25.1.